The number of hydrogen-bond acceptors (Lipinski definition) is 21. The van der Waals surface area contributed by atoms with E-state index in [1.54, 1.807) is 0 Å². The van der Waals surface area contributed by atoms with E-state index >= 15 is 52.7 Å². The summed E-state index contributed by atoms with van der Waals surface area (Å²) in [6.07, 6.45) is -9.97. The number of aliphatic imine (C=N–C) groups is 3. The molecule has 528 valence electrons. The van der Waals surface area contributed by atoms with E-state index in [-0.39, 0.29) is 35.3 Å². The molecule has 12 rings (SSSR count). The Bertz CT molecular complexity index is 3960. The maximum absolute atomic E-state index is 17.5. The zero-order valence-corrected chi connectivity index (χ0v) is 55.2. The molecule has 6 aliphatic heterocycles. The maximum atomic E-state index is 17.5. The van der Waals surface area contributed by atoms with Crippen LogP contribution in [-0.4, -0.2) is 216 Å². The molecular weight excluding hydrogens is 1470 g/mol. The normalized spacial score (nSPS) is 28.7. The molecule has 0 aliphatic carbocycles. The van der Waals surface area contributed by atoms with E-state index in [2.05, 4.69) is 15.0 Å². The molecule has 12 N–H and O–H groups in total. The Morgan fingerprint density at radius 2 is 0.600 bits per heavy atom. The summed E-state index contributed by atoms with van der Waals surface area (Å²) in [6.45, 7) is -3.05. The minimum atomic E-state index is -5.36. The Morgan fingerprint density at radius 1 is 0.360 bits per heavy atom. The van der Waals surface area contributed by atoms with E-state index in [4.69, 9.17) is 14.2 Å². The summed E-state index contributed by atoms with van der Waals surface area (Å²) >= 11 is -5.92. The Balaban J connectivity index is 1.08. The quantitative estimate of drug-likeness (QED) is 0.0319. The molecule has 21 nitrogen and oxygen atoms in total. The second kappa shape index (κ2) is 29.5. The Hall–Kier alpha value is -6.80. The Labute approximate surface area is 573 Å². The number of aromatic nitrogens is 3. The van der Waals surface area contributed by atoms with Crippen molar-refractivity contribution in [3.05, 3.63) is 212 Å². The zero-order chi connectivity index (χ0) is 71.8. The summed E-state index contributed by atoms with van der Waals surface area (Å²) in [5, 5.41) is 124. The van der Waals surface area contributed by atoms with Crippen LogP contribution in [0.15, 0.2) is 138 Å². The summed E-state index contributed by atoms with van der Waals surface area (Å²) in [6, 6.07) is 6.98. The number of aliphatic hydroxyl groups excluding tert-OH is 12. The zero-order valence-electron chi connectivity index (χ0n) is 50.3. The SMILES string of the molecule is OCC1O[C@@H](Sc2c(F)c(F)c(C(=C3C=CC=N3)c3ccc[n]3[Ga]([n]3cccc3C(=C3C=CC=N3)c3c(F)c(F)c(S[C@@H]4OC(CO)[C@@H](O)[C@H](O)C4O)c(F)c3F)[n]3cccc3C(=C3C=CC=N3)c3c(F)c(F)c(S[C@@H]4OC(CO)[C@@H](O)[C@H](O)C4O)c(F)c3F)c(F)c2F)C(O)[C@@H](O)[C@@H]1O. The Morgan fingerprint density at radius 3 is 0.810 bits per heavy atom. The third-order valence-electron chi connectivity index (χ3n) is 16.9. The molecule has 6 aliphatic rings. The number of ether oxygens (including phenoxy) is 3. The van der Waals surface area contributed by atoms with Crippen LogP contribution in [0.4, 0.5) is 52.7 Å². The molecule has 0 amide bonds. The molecule has 0 spiro atoms. The molecule has 3 aromatic heterocycles. The third-order valence-corrected chi connectivity index (χ3v) is 26.6. The number of allylic oxidation sites excluding steroid dienone is 6. The van der Waals surface area contributed by atoms with Gasteiger partial charge in [-0.3, -0.25) is 0 Å². The minimum Gasteiger partial charge on any atom is -0.388 e. The molecule has 9 heterocycles. The van der Waals surface area contributed by atoms with E-state index in [0.717, 1.165) is 55.1 Å². The Kier molecular flexibility index (Phi) is 21.5. The molecule has 6 unspecified atom stereocenters. The van der Waals surface area contributed by atoms with E-state index in [9.17, 15) is 61.3 Å². The van der Waals surface area contributed by atoms with Gasteiger partial charge < -0.3 is 30.6 Å². The van der Waals surface area contributed by atoms with Crippen molar-refractivity contribution in [2.75, 3.05) is 19.8 Å². The minimum absolute atomic E-state index is 0.185. The first-order chi connectivity index (χ1) is 47.8. The van der Waals surface area contributed by atoms with Crippen molar-refractivity contribution in [2.24, 2.45) is 15.0 Å². The van der Waals surface area contributed by atoms with Gasteiger partial charge in [0.1, 0.15) is 0 Å². The van der Waals surface area contributed by atoms with Gasteiger partial charge in [-0.05, 0) is 0 Å². The van der Waals surface area contributed by atoms with Gasteiger partial charge in [0.15, 0.2) is 0 Å². The van der Waals surface area contributed by atoms with Crippen molar-refractivity contribution in [2.45, 2.75) is 104 Å². The van der Waals surface area contributed by atoms with Gasteiger partial charge in [0.2, 0.25) is 0 Å². The average Bonchev–Trinajstić information content (AvgIpc) is 1.43. The second-order valence-corrected chi connectivity index (χ2v) is 31.0. The number of halogens is 12. The molecule has 37 heteroatoms. The van der Waals surface area contributed by atoms with Crippen molar-refractivity contribution in [3.8, 4) is 0 Å². The number of rotatable bonds is 18. The first kappa shape index (κ1) is 73.0. The van der Waals surface area contributed by atoms with E-state index in [0.29, 0.717) is 0 Å². The molecule has 3 fully saturated rings. The van der Waals surface area contributed by atoms with Gasteiger partial charge in [-0.2, -0.15) is 0 Å². The van der Waals surface area contributed by atoms with E-state index in [1.165, 1.54) is 64.8 Å². The van der Waals surface area contributed by atoms with Gasteiger partial charge in [0.05, 0.1) is 0 Å². The van der Waals surface area contributed by atoms with Crippen LogP contribution in [0.1, 0.15) is 33.8 Å². The van der Waals surface area contributed by atoms with Crippen molar-refractivity contribution >= 4 is 87.6 Å². The van der Waals surface area contributed by atoms with Crippen molar-refractivity contribution < 1.29 is 128 Å². The van der Waals surface area contributed by atoms with Crippen LogP contribution < -0.4 is 0 Å². The second-order valence-electron chi connectivity index (χ2n) is 22.8. The fourth-order valence-corrected chi connectivity index (χ4v) is 21.5. The fraction of sp³-hybridized carbons (Fsp3) is 0.286. The predicted molar refractivity (Wildman–Crippen MR) is 334 cm³/mol. The molecule has 0 radical (unpaired) electrons. The number of benzene rings is 3. The summed E-state index contributed by atoms with van der Waals surface area (Å²) in [4.78, 5) is 8.14. The average molecular weight is 1530 g/mol. The molecule has 3 aromatic carbocycles. The standard InChI is InChI=1S/3C21H17F4N2O5S.Ga/c3*22-13-12(11(8-3-1-5-26-8)9-4-2-6-27-9)14(23)16(25)20(15(13)24)33-21-19(31)18(30)17(29)10(7-28)32-21;/h3*1-6,10,17-19,21,28-31H,7H2;/q3*-1;+3/t3*10?,17-,18+,19?,21+;/m111./s1. The molecule has 100 heavy (non-hydrogen) atoms. The third kappa shape index (κ3) is 12.6. The summed E-state index contributed by atoms with van der Waals surface area (Å²) in [7, 11) is 0. The summed E-state index contributed by atoms with van der Waals surface area (Å²) in [5.41, 5.74) is -15.8. The topological polar surface area (TPSA) is 322 Å². The van der Waals surface area contributed by atoms with Gasteiger partial charge >= 0.3 is 546 Å². The number of aliphatic hydroxyl groups is 12. The molecule has 6 aromatic rings. The first-order valence-corrected chi connectivity index (χ1v) is 35.5. The molecule has 0 bridgehead atoms. The molecule has 3 saturated heterocycles. The first-order valence-electron chi connectivity index (χ1n) is 29.6. The van der Waals surface area contributed by atoms with Crippen LogP contribution >= 0.6 is 35.3 Å². The predicted octanol–water partition coefficient (Wildman–Crippen LogP) is 4.57. The van der Waals surface area contributed by atoms with E-state index in [1.807, 2.05) is 0 Å². The smallest absolute Gasteiger partial charge is 0.388 e. The molecular formula is C63H51F12GaN6O15S3. The monoisotopic (exact) mass is 1520 g/mol. The van der Waals surface area contributed by atoms with E-state index < -0.39 is 278 Å². The summed E-state index contributed by atoms with van der Waals surface area (Å²) < 4.78 is 226. The van der Waals surface area contributed by atoms with Gasteiger partial charge in [0.25, 0.3) is 0 Å². The molecule has 15 atom stereocenters. The fourth-order valence-electron chi connectivity index (χ4n) is 12.0. The number of nitrogens with zero attached hydrogens (tertiary/aromatic N) is 6. The molecule has 0 saturated carbocycles. The van der Waals surface area contributed by atoms with Gasteiger partial charge in [-0.15, -0.1) is 0 Å². The summed E-state index contributed by atoms with van der Waals surface area (Å²) in [5.74, 6) is -25.9. The van der Waals surface area contributed by atoms with Crippen LogP contribution in [0.2, 0.25) is 0 Å². The van der Waals surface area contributed by atoms with Crippen LogP contribution in [-0.2, 0) is 14.2 Å². The van der Waals surface area contributed by atoms with Crippen molar-refractivity contribution in [1.29, 1.82) is 0 Å². The van der Waals surface area contributed by atoms with Crippen LogP contribution in [0.3, 0.4) is 0 Å². The number of thioether (sulfide) groups is 3. The van der Waals surface area contributed by atoms with Crippen molar-refractivity contribution in [1.82, 2.24) is 9.82 Å². The van der Waals surface area contributed by atoms with Gasteiger partial charge in [-0.25, -0.2) is 0 Å². The number of hydrogen-bond donors (Lipinski definition) is 12. The van der Waals surface area contributed by atoms with Crippen LogP contribution in [0, 0.1) is 69.8 Å². The van der Waals surface area contributed by atoms with Crippen molar-refractivity contribution in [3.63, 3.8) is 0 Å². The van der Waals surface area contributed by atoms with Gasteiger partial charge in [-0.1, -0.05) is 0 Å². The van der Waals surface area contributed by atoms with Gasteiger partial charge in [0, 0.05) is 0 Å². The van der Waals surface area contributed by atoms with Crippen LogP contribution in [0.25, 0.3) is 16.7 Å². The van der Waals surface area contributed by atoms with Crippen LogP contribution in [0.5, 0.6) is 0 Å².